The zero-order chi connectivity index (χ0) is 25.0. The second-order valence-corrected chi connectivity index (χ2v) is 11.2. The lowest BCUT2D eigenvalue weighted by Gasteiger charge is -2.58. The lowest BCUT2D eigenvalue weighted by atomic mass is 9.71. The highest BCUT2D eigenvalue weighted by molar-refractivity contribution is 6.02. The predicted octanol–water partition coefficient (Wildman–Crippen LogP) is 7.19. The van der Waals surface area contributed by atoms with Gasteiger partial charge in [-0.1, -0.05) is 72.8 Å². The molecule has 3 heteroatoms. The summed E-state index contributed by atoms with van der Waals surface area (Å²) in [7, 11) is 0. The molecule has 4 unspecified atom stereocenters. The van der Waals surface area contributed by atoms with Crippen molar-refractivity contribution in [3.05, 3.63) is 115 Å². The van der Waals surface area contributed by atoms with Crippen LogP contribution < -0.4 is 0 Å². The van der Waals surface area contributed by atoms with Gasteiger partial charge in [0.25, 0.3) is 0 Å². The molecule has 4 aromatic carbocycles. The third kappa shape index (κ3) is 3.60. The van der Waals surface area contributed by atoms with Crippen LogP contribution in [0.1, 0.15) is 30.1 Å². The minimum atomic E-state index is -0.539. The normalized spacial score (nSPS) is 26.0. The molecule has 3 aliphatic rings. The number of rotatable bonds is 5. The molecule has 0 amide bonds. The zero-order valence-electron chi connectivity index (χ0n) is 21.1. The van der Waals surface area contributed by atoms with Crippen molar-refractivity contribution in [1.29, 1.82) is 0 Å². The van der Waals surface area contributed by atoms with E-state index in [1.165, 1.54) is 33.5 Å². The van der Waals surface area contributed by atoms with Crippen molar-refractivity contribution < 1.29 is 9.59 Å². The highest BCUT2D eigenvalue weighted by Crippen LogP contribution is 2.49. The van der Waals surface area contributed by atoms with E-state index in [9.17, 15) is 5.11 Å². The van der Waals surface area contributed by atoms with E-state index in [0.29, 0.717) is 11.8 Å². The van der Waals surface area contributed by atoms with Gasteiger partial charge in [-0.15, -0.1) is 6.58 Å². The van der Waals surface area contributed by atoms with E-state index in [1.54, 1.807) is 0 Å². The molecule has 1 N–H and O–H groups in total. The molecule has 0 saturated carbocycles. The Morgan fingerprint density at radius 3 is 2.32 bits per heavy atom. The van der Waals surface area contributed by atoms with Gasteiger partial charge in [0, 0.05) is 35.9 Å². The van der Waals surface area contributed by atoms with Crippen LogP contribution >= 0.6 is 0 Å². The summed E-state index contributed by atoms with van der Waals surface area (Å²) in [6.07, 6.45) is 5.72. The molecule has 5 atom stereocenters. The molecular weight excluding hydrogens is 452 g/mol. The minimum absolute atomic E-state index is 0.137. The highest BCUT2D eigenvalue weighted by atomic mass is 16.3. The number of fused-ring (bicyclic) bond motifs is 6. The fourth-order valence-electron chi connectivity index (χ4n) is 7.56. The lowest BCUT2D eigenvalue weighted by molar-refractivity contribution is -0.984. The fraction of sp³-hybridized carbons (Fsp3) is 0.265. The minimum Gasteiger partial charge on any atom is -0.382 e. The van der Waals surface area contributed by atoms with E-state index in [0.717, 1.165) is 47.0 Å². The van der Waals surface area contributed by atoms with Crippen molar-refractivity contribution >= 4 is 32.4 Å². The second-order valence-electron chi connectivity index (χ2n) is 11.2. The van der Waals surface area contributed by atoms with Gasteiger partial charge in [0.1, 0.15) is 18.7 Å². The first-order valence-corrected chi connectivity index (χ1v) is 13.6. The molecule has 3 aliphatic heterocycles. The van der Waals surface area contributed by atoms with Gasteiger partial charge >= 0.3 is 0 Å². The van der Waals surface area contributed by atoms with Crippen molar-refractivity contribution in [2.24, 2.45) is 11.8 Å². The lowest BCUT2D eigenvalue weighted by Crippen LogP contribution is -2.67. The van der Waals surface area contributed by atoms with Crippen molar-refractivity contribution in [1.82, 2.24) is 4.98 Å². The Morgan fingerprint density at radius 2 is 1.59 bits per heavy atom. The number of nitrogens with zero attached hydrogens (tertiary/aromatic N) is 2. The number of hydrogen-bond acceptors (Lipinski definition) is 2. The van der Waals surface area contributed by atoms with Crippen LogP contribution in [0.25, 0.3) is 32.4 Å². The maximum atomic E-state index is 12.1. The topological polar surface area (TPSA) is 33.1 Å². The van der Waals surface area contributed by atoms with Crippen LogP contribution in [0.4, 0.5) is 0 Å². The number of aliphatic hydroxyl groups is 1. The molecule has 0 radical (unpaired) electrons. The number of piperidine rings is 3. The number of aromatic nitrogens is 1. The van der Waals surface area contributed by atoms with Gasteiger partial charge in [-0.3, -0.25) is 4.98 Å². The molecule has 8 rings (SSSR count). The molecule has 5 aromatic rings. The Kier molecular flexibility index (Phi) is 5.38. The van der Waals surface area contributed by atoms with Crippen LogP contribution in [0.5, 0.6) is 0 Å². The van der Waals surface area contributed by atoms with Gasteiger partial charge in [0.2, 0.25) is 0 Å². The summed E-state index contributed by atoms with van der Waals surface area (Å²) in [6, 6.07) is 30.3. The zero-order valence-corrected chi connectivity index (χ0v) is 21.1. The summed E-state index contributed by atoms with van der Waals surface area (Å²) in [5, 5.41) is 18.4. The third-order valence-electron chi connectivity index (χ3n) is 9.40. The molecule has 1 aromatic heterocycles. The Bertz CT molecular complexity index is 1580. The Morgan fingerprint density at radius 1 is 0.919 bits per heavy atom. The molecule has 0 aliphatic carbocycles. The van der Waals surface area contributed by atoms with Crippen LogP contribution in [0.2, 0.25) is 0 Å². The van der Waals surface area contributed by atoms with Crippen molar-refractivity contribution in [3.63, 3.8) is 0 Å². The van der Waals surface area contributed by atoms with Crippen LogP contribution in [0.15, 0.2) is 104 Å². The van der Waals surface area contributed by atoms with E-state index >= 15 is 0 Å². The van der Waals surface area contributed by atoms with Gasteiger partial charge < -0.3 is 9.59 Å². The maximum absolute atomic E-state index is 12.1. The third-order valence-corrected chi connectivity index (χ3v) is 9.40. The van der Waals surface area contributed by atoms with Gasteiger partial charge in [0.05, 0.1) is 18.6 Å². The van der Waals surface area contributed by atoms with E-state index in [4.69, 9.17) is 0 Å². The second kappa shape index (κ2) is 8.79. The summed E-state index contributed by atoms with van der Waals surface area (Å²) in [6.45, 7) is 7.28. The molecule has 3 nitrogen and oxygen atoms in total. The largest absolute Gasteiger partial charge is 0.382 e. The first kappa shape index (κ1) is 22.7. The van der Waals surface area contributed by atoms with E-state index in [-0.39, 0.29) is 6.04 Å². The number of para-hydroxylation sites is 1. The van der Waals surface area contributed by atoms with Crippen LogP contribution in [-0.2, 0) is 6.54 Å². The molecule has 0 spiro atoms. The summed E-state index contributed by atoms with van der Waals surface area (Å²) >= 11 is 0. The standard InChI is InChI=1S/C34H33N2O/c1-2-23-21-36(22-31-27-11-5-3-9-25(27)19-26-10-4-6-12-28(26)31)18-16-24(23)20-33(36)34(37)30-15-17-35-32-14-8-7-13-29(30)32/h2-15,17,19,23-24,33-34,37H,1,16,18,20-22H2/q+1/t23-,24?,33?,34?,36?/m0/s1. The van der Waals surface area contributed by atoms with Crippen molar-refractivity contribution in [2.45, 2.75) is 31.5 Å². The Hall–Kier alpha value is -3.53. The monoisotopic (exact) mass is 485 g/mol. The quantitative estimate of drug-likeness (QED) is 0.162. The van der Waals surface area contributed by atoms with Crippen LogP contribution in [0, 0.1) is 11.8 Å². The maximum Gasteiger partial charge on any atom is 0.131 e. The number of benzene rings is 4. The number of hydrogen-bond donors (Lipinski definition) is 1. The van der Waals surface area contributed by atoms with E-state index in [1.807, 2.05) is 30.5 Å². The summed E-state index contributed by atoms with van der Waals surface area (Å²) in [5.41, 5.74) is 3.37. The summed E-state index contributed by atoms with van der Waals surface area (Å²) in [5.74, 6) is 1.09. The number of aliphatic hydroxyl groups excluding tert-OH is 1. The molecule has 3 fully saturated rings. The van der Waals surface area contributed by atoms with Gasteiger partial charge in [-0.05, 0) is 51.2 Å². The van der Waals surface area contributed by atoms with Crippen molar-refractivity contribution in [2.75, 3.05) is 13.1 Å². The first-order valence-electron chi connectivity index (χ1n) is 13.6. The molecule has 3 saturated heterocycles. The van der Waals surface area contributed by atoms with E-state index in [2.05, 4.69) is 78.3 Å². The summed E-state index contributed by atoms with van der Waals surface area (Å²) in [4.78, 5) is 4.57. The van der Waals surface area contributed by atoms with Crippen LogP contribution in [-0.4, -0.2) is 33.7 Å². The van der Waals surface area contributed by atoms with Crippen LogP contribution in [0.3, 0.4) is 0 Å². The van der Waals surface area contributed by atoms with Gasteiger partial charge in [-0.2, -0.15) is 0 Å². The average molecular weight is 486 g/mol. The van der Waals surface area contributed by atoms with Crippen molar-refractivity contribution in [3.8, 4) is 0 Å². The van der Waals surface area contributed by atoms with Gasteiger partial charge in [0.15, 0.2) is 0 Å². The SMILES string of the molecule is C=C[C@H]1C[N+]2(Cc3c4ccccc4cc4ccccc34)CCC1CC2C(O)c1ccnc2ccccc12. The Balaban J connectivity index is 1.39. The molecule has 4 heterocycles. The van der Waals surface area contributed by atoms with Gasteiger partial charge in [-0.25, -0.2) is 0 Å². The first-order chi connectivity index (χ1) is 18.2. The Labute approximate surface area is 218 Å². The predicted molar refractivity (Wildman–Crippen MR) is 152 cm³/mol. The summed E-state index contributed by atoms with van der Waals surface area (Å²) < 4.78 is 0.906. The molecule has 184 valence electrons. The molecule has 2 bridgehead atoms. The fourth-order valence-corrected chi connectivity index (χ4v) is 7.56. The highest BCUT2D eigenvalue weighted by Gasteiger charge is 2.54. The number of pyridine rings is 1. The smallest absolute Gasteiger partial charge is 0.131 e. The van der Waals surface area contributed by atoms with E-state index < -0.39 is 6.10 Å². The number of quaternary nitrogens is 1. The molecular formula is C34H33N2O+. The molecule has 37 heavy (non-hydrogen) atoms. The average Bonchev–Trinajstić information content (AvgIpc) is 2.96.